The summed E-state index contributed by atoms with van der Waals surface area (Å²) in [6.07, 6.45) is 0.0335. The Morgan fingerprint density at radius 2 is 1.81 bits per heavy atom. The van der Waals surface area contributed by atoms with Crippen molar-refractivity contribution in [2.75, 3.05) is 17.2 Å². The molecule has 0 saturated heterocycles. The fourth-order valence-electron chi connectivity index (χ4n) is 2.53. The molecule has 26 heavy (non-hydrogen) atoms. The van der Waals surface area contributed by atoms with Gasteiger partial charge in [0.05, 0.1) is 17.0 Å². The molecule has 0 atom stereocenters. The standard InChI is InChI=1S/C18H17N3O4S/c22-14-7-3-1-5-12(14)18(25)20-19-16(23)9-10-21-13-6-2-4-8-15(13)26-11-17(21)24/h1-8,22H,9-11H2,(H,19,23)(H,20,25). The highest BCUT2D eigenvalue weighted by atomic mass is 32.2. The first kappa shape index (κ1) is 17.8. The van der Waals surface area contributed by atoms with Crippen LogP contribution in [0.4, 0.5) is 5.69 Å². The Hall–Kier alpha value is -3.00. The average Bonchev–Trinajstić information content (AvgIpc) is 2.65. The van der Waals surface area contributed by atoms with E-state index in [9.17, 15) is 19.5 Å². The topological polar surface area (TPSA) is 98.7 Å². The molecule has 0 unspecified atom stereocenters. The average molecular weight is 371 g/mol. The summed E-state index contributed by atoms with van der Waals surface area (Å²) < 4.78 is 0. The van der Waals surface area contributed by atoms with Crippen LogP contribution >= 0.6 is 11.8 Å². The van der Waals surface area contributed by atoms with Gasteiger partial charge in [0.15, 0.2) is 0 Å². The van der Waals surface area contributed by atoms with Crippen molar-refractivity contribution in [1.29, 1.82) is 0 Å². The second-order valence-corrected chi connectivity index (χ2v) is 6.59. The molecule has 0 radical (unpaired) electrons. The number of hydrazine groups is 1. The minimum atomic E-state index is -0.618. The lowest BCUT2D eigenvalue weighted by Crippen LogP contribution is -2.44. The van der Waals surface area contributed by atoms with Crippen molar-refractivity contribution < 1.29 is 19.5 Å². The number of rotatable bonds is 4. The van der Waals surface area contributed by atoms with E-state index in [-0.39, 0.29) is 30.2 Å². The lowest BCUT2D eigenvalue weighted by molar-refractivity contribution is -0.121. The molecule has 1 aliphatic heterocycles. The molecule has 3 N–H and O–H groups in total. The molecule has 0 bridgehead atoms. The number of phenols is 1. The van der Waals surface area contributed by atoms with Gasteiger partial charge in [-0.25, -0.2) is 0 Å². The van der Waals surface area contributed by atoms with E-state index in [0.717, 1.165) is 10.6 Å². The van der Waals surface area contributed by atoms with Crippen LogP contribution in [0.5, 0.6) is 5.75 Å². The molecule has 0 aromatic heterocycles. The summed E-state index contributed by atoms with van der Waals surface area (Å²) >= 11 is 1.48. The smallest absolute Gasteiger partial charge is 0.273 e. The highest BCUT2D eigenvalue weighted by molar-refractivity contribution is 8.00. The zero-order valence-electron chi connectivity index (χ0n) is 13.8. The van der Waals surface area contributed by atoms with Gasteiger partial charge in [0, 0.05) is 17.9 Å². The van der Waals surface area contributed by atoms with Crippen LogP contribution in [0.1, 0.15) is 16.8 Å². The quantitative estimate of drug-likeness (QED) is 0.711. The maximum absolute atomic E-state index is 12.1. The first-order valence-electron chi connectivity index (χ1n) is 7.95. The lowest BCUT2D eigenvalue weighted by atomic mass is 10.2. The monoisotopic (exact) mass is 371 g/mol. The van der Waals surface area contributed by atoms with Gasteiger partial charge in [-0.15, -0.1) is 11.8 Å². The number of nitrogens with one attached hydrogen (secondary N) is 2. The number of para-hydroxylation sites is 2. The number of fused-ring (bicyclic) bond motifs is 1. The molecule has 134 valence electrons. The van der Waals surface area contributed by atoms with Gasteiger partial charge in [0.2, 0.25) is 11.8 Å². The molecule has 0 saturated carbocycles. The van der Waals surface area contributed by atoms with Crippen molar-refractivity contribution in [2.45, 2.75) is 11.3 Å². The molecular weight excluding hydrogens is 354 g/mol. The Morgan fingerprint density at radius 3 is 2.62 bits per heavy atom. The van der Waals surface area contributed by atoms with E-state index < -0.39 is 11.8 Å². The summed E-state index contributed by atoms with van der Waals surface area (Å²) in [5.41, 5.74) is 5.40. The van der Waals surface area contributed by atoms with Crippen LogP contribution in [0.15, 0.2) is 53.4 Å². The molecule has 0 spiro atoms. The molecule has 8 heteroatoms. The van der Waals surface area contributed by atoms with Crippen LogP contribution in [0, 0.1) is 0 Å². The molecule has 3 amide bonds. The fraction of sp³-hybridized carbons (Fsp3) is 0.167. The van der Waals surface area contributed by atoms with E-state index in [0.29, 0.717) is 5.75 Å². The van der Waals surface area contributed by atoms with Crippen LogP contribution in [0.2, 0.25) is 0 Å². The van der Waals surface area contributed by atoms with Crippen molar-refractivity contribution in [3.63, 3.8) is 0 Å². The summed E-state index contributed by atoms with van der Waals surface area (Å²) in [5.74, 6) is -0.945. The van der Waals surface area contributed by atoms with E-state index in [1.54, 1.807) is 17.0 Å². The number of carbonyl (C=O) groups is 3. The summed E-state index contributed by atoms with van der Waals surface area (Å²) in [6.45, 7) is 0.217. The van der Waals surface area contributed by atoms with Crippen molar-refractivity contribution in [3.05, 3.63) is 54.1 Å². The van der Waals surface area contributed by atoms with E-state index in [1.807, 2.05) is 24.3 Å². The van der Waals surface area contributed by atoms with Crippen LogP contribution < -0.4 is 15.8 Å². The van der Waals surface area contributed by atoms with Crippen molar-refractivity contribution in [2.24, 2.45) is 0 Å². The van der Waals surface area contributed by atoms with Crippen LogP contribution in [-0.4, -0.2) is 35.1 Å². The number of hydrogen-bond acceptors (Lipinski definition) is 5. The van der Waals surface area contributed by atoms with E-state index in [4.69, 9.17) is 0 Å². The fourth-order valence-corrected chi connectivity index (χ4v) is 3.47. The summed E-state index contributed by atoms with van der Waals surface area (Å²) in [7, 11) is 0. The first-order chi connectivity index (χ1) is 12.6. The summed E-state index contributed by atoms with van der Waals surface area (Å²) in [4.78, 5) is 38.6. The third-order valence-electron chi connectivity index (χ3n) is 3.83. The third kappa shape index (κ3) is 3.97. The predicted octanol–water partition coefficient (Wildman–Crippen LogP) is 1.68. The molecule has 2 aromatic carbocycles. The second-order valence-electron chi connectivity index (χ2n) is 5.57. The maximum atomic E-state index is 12.1. The number of amides is 3. The Morgan fingerprint density at radius 1 is 1.08 bits per heavy atom. The molecule has 0 aliphatic carbocycles. The SMILES string of the molecule is O=C(CCN1C(=O)CSc2ccccc21)NNC(=O)c1ccccc1O. The number of benzene rings is 2. The van der Waals surface area contributed by atoms with Crippen LogP contribution in [-0.2, 0) is 9.59 Å². The van der Waals surface area contributed by atoms with E-state index >= 15 is 0 Å². The molecule has 2 aromatic rings. The van der Waals surface area contributed by atoms with Crippen molar-refractivity contribution in [1.82, 2.24) is 10.9 Å². The summed E-state index contributed by atoms with van der Waals surface area (Å²) in [5, 5.41) is 9.62. The van der Waals surface area contributed by atoms with E-state index in [1.165, 1.54) is 23.9 Å². The van der Waals surface area contributed by atoms with Crippen LogP contribution in [0.25, 0.3) is 0 Å². The number of nitrogens with zero attached hydrogens (tertiary/aromatic N) is 1. The van der Waals surface area contributed by atoms with Gasteiger partial charge in [0.1, 0.15) is 5.75 Å². The van der Waals surface area contributed by atoms with E-state index in [2.05, 4.69) is 10.9 Å². The van der Waals surface area contributed by atoms with Gasteiger partial charge >= 0.3 is 0 Å². The molecule has 1 heterocycles. The zero-order valence-corrected chi connectivity index (χ0v) is 14.6. The van der Waals surface area contributed by atoms with Gasteiger partial charge < -0.3 is 10.0 Å². The minimum absolute atomic E-state index is 0.0335. The van der Waals surface area contributed by atoms with Gasteiger partial charge in [0.25, 0.3) is 5.91 Å². The number of anilines is 1. The minimum Gasteiger partial charge on any atom is -0.507 e. The predicted molar refractivity (Wildman–Crippen MR) is 97.9 cm³/mol. The van der Waals surface area contributed by atoms with Crippen LogP contribution in [0.3, 0.4) is 0 Å². The Balaban J connectivity index is 1.54. The van der Waals surface area contributed by atoms with Crippen molar-refractivity contribution in [3.8, 4) is 5.75 Å². The number of hydrogen-bond donors (Lipinski definition) is 3. The van der Waals surface area contributed by atoms with Gasteiger partial charge in [-0.3, -0.25) is 25.2 Å². The molecule has 1 aliphatic rings. The largest absolute Gasteiger partial charge is 0.507 e. The molecule has 7 nitrogen and oxygen atoms in total. The Labute approximate surface area is 154 Å². The lowest BCUT2D eigenvalue weighted by Gasteiger charge is -2.28. The van der Waals surface area contributed by atoms with Crippen molar-refractivity contribution >= 4 is 35.2 Å². The first-order valence-corrected chi connectivity index (χ1v) is 8.94. The number of thioether (sulfide) groups is 1. The number of aromatic hydroxyl groups is 1. The maximum Gasteiger partial charge on any atom is 0.273 e. The molecule has 3 rings (SSSR count). The Bertz CT molecular complexity index is 856. The highest BCUT2D eigenvalue weighted by Crippen LogP contribution is 2.34. The zero-order chi connectivity index (χ0) is 18.5. The third-order valence-corrected chi connectivity index (χ3v) is 4.88. The van der Waals surface area contributed by atoms with Gasteiger partial charge in [-0.05, 0) is 24.3 Å². The molecular formula is C18H17N3O4S. The summed E-state index contributed by atoms with van der Waals surface area (Å²) in [6, 6.07) is 13.6. The highest BCUT2D eigenvalue weighted by Gasteiger charge is 2.24. The second kappa shape index (κ2) is 7.92. The normalized spacial score (nSPS) is 13.1. The van der Waals surface area contributed by atoms with Gasteiger partial charge in [-0.2, -0.15) is 0 Å². The number of phenolic OH excluding ortho intramolecular Hbond substituents is 1. The van der Waals surface area contributed by atoms with Gasteiger partial charge in [-0.1, -0.05) is 24.3 Å². The Kier molecular flexibility index (Phi) is 5.43. The number of carbonyl (C=O) groups excluding carboxylic acids is 3. The molecule has 0 fully saturated rings.